The van der Waals surface area contributed by atoms with E-state index in [4.69, 9.17) is 9.47 Å². The van der Waals surface area contributed by atoms with Gasteiger partial charge in [0.2, 0.25) is 0 Å². The average Bonchev–Trinajstić information content (AvgIpc) is 4.00. The second-order valence-electron chi connectivity index (χ2n) is 18.0. The fourth-order valence-electron chi connectivity index (χ4n) is 8.44. The van der Waals surface area contributed by atoms with Crippen molar-refractivity contribution in [3.05, 3.63) is 76.5 Å². The van der Waals surface area contributed by atoms with Gasteiger partial charge in [0.05, 0.1) is 6.04 Å². The molecule has 6 fully saturated rings. The number of ether oxygens (including phenoxy) is 2. The van der Waals surface area contributed by atoms with Gasteiger partial charge < -0.3 is 39.7 Å². The fraction of sp³-hybridized carbons (Fsp3) is 0.605. The maximum absolute atomic E-state index is 12.2. The molecule has 6 aliphatic heterocycles. The van der Waals surface area contributed by atoms with Gasteiger partial charge in [-0.1, -0.05) is 15.9 Å². The van der Waals surface area contributed by atoms with Crippen LogP contribution in [-0.2, 0) is 9.47 Å². The SMILES string of the molecule is CC(C)(C)OC(=O)N1C[C@@H]2C[C@H]1CN2.Cc1cc(Br)ccn1.Cc1cc(N2C[C@@H]3C[C@H]2CN3)ccn1.Cc1cc(N2C[C@@H]3C[C@H]2CN3C(=O)OC(C)(C)C)ccn1. The summed E-state index contributed by atoms with van der Waals surface area (Å²) in [6.45, 7) is 23.1. The zero-order valence-corrected chi connectivity index (χ0v) is 36.8. The standard InChI is InChI=1S/C16H23N3O2.C11H15N3.C10H18N2O2.C6H6BrN/c1-11-7-12(5-6-17-11)18-9-14-8-13(18)10-19(14)15(20)21-16(2,3)4;1-8-4-10(2-3-12-8)14-7-9-5-11(14)6-13-9;1-10(2,3)14-9(13)12-6-7-4-8(12)5-11-7;1-5-4-6(7)2-3-8-5/h5-7,13-14H,8-10H2,1-4H3;2-4,9,11,13H,5-7H2,1H3;7-8,11H,4-6H2,1-3H3;2-4H,1H3/t13-,14-;9-,11-;7-,8-;/m000./s1. The number of fused-ring (bicyclic) bond motifs is 6. The van der Waals surface area contributed by atoms with Crippen LogP contribution < -0.4 is 20.4 Å². The van der Waals surface area contributed by atoms with E-state index in [2.05, 4.69) is 76.4 Å². The van der Waals surface area contributed by atoms with Gasteiger partial charge in [0.15, 0.2) is 0 Å². The molecule has 14 heteroatoms. The first-order valence-corrected chi connectivity index (χ1v) is 21.1. The third-order valence-corrected chi connectivity index (χ3v) is 11.4. The summed E-state index contributed by atoms with van der Waals surface area (Å²) in [7, 11) is 0. The molecule has 0 aromatic carbocycles. The van der Waals surface area contributed by atoms with Gasteiger partial charge in [-0.3, -0.25) is 15.0 Å². The quantitative estimate of drug-likeness (QED) is 0.288. The number of halogens is 1. The predicted molar refractivity (Wildman–Crippen MR) is 228 cm³/mol. The molecule has 6 atom stereocenters. The number of carbonyl (C=O) groups is 2. The van der Waals surface area contributed by atoms with Gasteiger partial charge in [-0.05, 0) is 118 Å². The summed E-state index contributed by atoms with van der Waals surface area (Å²) in [6.07, 6.45) is 8.61. The van der Waals surface area contributed by atoms with Crippen LogP contribution in [0.4, 0.5) is 21.0 Å². The minimum Gasteiger partial charge on any atom is -0.444 e. The average molecular weight is 849 g/mol. The summed E-state index contributed by atoms with van der Waals surface area (Å²) in [6, 6.07) is 15.3. The first-order chi connectivity index (χ1) is 26.9. The summed E-state index contributed by atoms with van der Waals surface area (Å²) in [4.78, 5) is 45.1. The maximum Gasteiger partial charge on any atom is 0.410 e. The van der Waals surface area contributed by atoms with Crippen LogP contribution in [0.2, 0.25) is 0 Å². The summed E-state index contributed by atoms with van der Waals surface area (Å²) in [5, 5.41) is 6.87. The normalized spacial score (nSPS) is 25.3. The number of piperazine rings is 3. The van der Waals surface area contributed by atoms with E-state index in [-0.39, 0.29) is 23.8 Å². The van der Waals surface area contributed by atoms with Crippen molar-refractivity contribution in [1.82, 2.24) is 35.4 Å². The molecule has 9 rings (SSSR count). The number of carbonyl (C=O) groups excluding carboxylic acids is 2. The Morgan fingerprint density at radius 1 is 0.614 bits per heavy atom. The molecule has 0 spiro atoms. The highest BCUT2D eigenvalue weighted by molar-refractivity contribution is 9.10. The number of aryl methyl sites for hydroxylation is 3. The molecule has 13 nitrogen and oxygen atoms in total. The third kappa shape index (κ3) is 11.6. The summed E-state index contributed by atoms with van der Waals surface area (Å²) < 4.78 is 11.9. The number of pyridine rings is 3. The van der Waals surface area contributed by atoms with Crippen LogP contribution in [0.1, 0.15) is 77.9 Å². The Kier molecular flexibility index (Phi) is 13.3. The molecule has 0 aliphatic carbocycles. The maximum atomic E-state index is 12.2. The molecule has 0 unspecified atom stereocenters. The van der Waals surface area contributed by atoms with Crippen LogP contribution >= 0.6 is 15.9 Å². The minimum absolute atomic E-state index is 0.161. The van der Waals surface area contributed by atoms with Gasteiger partial charge in [0.25, 0.3) is 0 Å². The Balaban J connectivity index is 0.000000135. The molecule has 2 N–H and O–H groups in total. The predicted octanol–water partition coefficient (Wildman–Crippen LogP) is 6.65. The number of rotatable bonds is 2. The topological polar surface area (TPSA) is 128 Å². The van der Waals surface area contributed by atoms with Gasteiger partial charge in [0.1, 0.15) is 11.2 Å². The van der Waals surface area contributed by atoms with Crippen LogP contribution in [0, 0.1) is 20.8 Å². The van der Waals surface area contributed by atoms with Crippen molar-refractivity contribution in [1.29, 1.82) is 0 Å². The number of hydrogen-bond acceptors (Lipinski definition) is 11. The van der Waals surface area contributed by atoms with Crippen LogP contribution in [0.15, 0.2) is 59.5 Å². The number of nitrogens with zero attached hydrogens (tertiary/aromatic N) is 7. The monoisotopic (exact) mass is 847 g/mol. The van der Waals surface area contributed by atoms with Crippen molar-refractivity contribution >= 4 is 39.5 Å². The molecule has 2 amide bonds. The van der Waals surface area contributed by atoms with Crippen molar-refractivity contribution in [3.63, 3.8) is 0 Å². The van der Waals surface area contributed by atoms with E-state index >= 15 is 0 Å². The Morgan fingerprint density at radius 3 is 1.46 bits per heavy atom. The Hall–Kier alpha value is -4.01. The van der Waals surface area contributed by atoms with Crippen molar-refractivity contribution in [2.24, 2.45) is 0 Å². The van der Waals surface area contributed by atoms with Crippen LogP contribution in [-0.4, -0.2) is 124 Å². The number of nitrogens with one attached hydrogen (secondary N) is 2. The van der Waals surface area contributed by atoms with E-state index < -0.39 is 5.60 Å². The zero-order chi connectivity index (χ0) is 41.1. The molecule has 6 aliphatic rings. The van der Waals surface area contributed by atoms with Crippen molar-refractivity contribution in [2.75, 3.05) is 49.1 Å². The lowest BCUT2D eigenvalue weighted by Gasteiger charge is -2.36. The first-order valence-electron chi connectivity index (χ1n) is 20.3. The summed E-state index contributed by atoms with van der Waals surface area (Å²) in [5.74, 6) is 0. The number of likely N-dealkylation sites (tertiary alicyclic amines) is 2. The van der Waals surface area contributed by atoms with Crippen LogP contribution in [0.25, 0.3) is 0 Å². The van der Waals surface area contributed by atoms with Crippen molar-refractivity contribution in [2.45, 2.75) is 129 Å². The lowest BCUT2D eigenvalue weighted by atomic mass is 10.2. The third-order valence-electron chi connectivity index (χ3n) is 10.9. The minimum atomic E-state index is -0.430. The molecule has 310 valence electrons. The van der Waals surface area contributed by atoms with Gasteiger partial charge >= 0.3 is 12.2 Å². The fourth-order valence-corrected chi connectivity index (χ4v) is 8.89. The van der Waals surface area contributed by atoms with Crippen LogP contribution in [0.3, 0.4) is 0 Å². The van der Waals surface area contributed by atoms with E-state index in [1.165, 1.54) is 17.8 Å². The highest BCUT2D eigenvalue weighted by atomic mass is 79.9. The second-order valence-corrected chi connectivity index (χ2v) is 18.9. The molecular formula is C43H62BrN9O4. The van der Waals surface area contributed by atoms with E-state index in [0.717, 1.165) is 73.7 Å². The summed E-state index contributed by atoms with van der Waals surface area (Å²) >= 11 is 3.32. The number of amides is 2. The Bertz CT molecular complexity index is 1830. The first kappa shape index (κ1) is 42.6. The molecule has 6 saturated heterocycles. The van der Waals surface area contributed by atoms with E-state index in [0.29, 0.717) is 30.2 Å². The second kappa shape index (κ2) is 17.9. The largest absolute Gasteiger partial charge is 0.444 e. The molecule has 57 heavy (non-hydrogen) atoms. The van der Waals surface area contributed by atoms with Gasteiger partial charge in [0, 0.05) is 121 Å². The Labute approximate surface area is 347 Å². The summed E-state index contributed by atoms with van der Waals surface area (Å²) in [5.41, 5.74) is 4.91. The highest BCUT2D eigenvalue weighted by Crippen LogP contribution is 2.35. The van der Waals surface area contributed by atoms with Gasteiger partial charge in [-0.15, -0.1) is 0 Å². The van der Waals surface area contributed by atoms with Crippen molar-refractivity contribution < 1.29 is 19.1 Å². The van der Waals surface area contributed by atoms with Crippen LogP contribution in [0.5, 0.6) is 0 Å². The van der Waals surface area contributed by atoms with E-state index in [9.17, 15) is 9.59 Å². The molecule has 3 aromatic heterocycles. The Morgan fingerprint density at radius 2 is 1.09 bits per heavy atom. The number of anilines is 2. The molecule has 3 aromatic rings. The lowest BCUT2D eigenvalue weighted by molar-refractivity contribution is 0.0198. The van der Waals surface area contributed by atoms with Gasteiger partial charge in [-0.2, -0.15) is 0 Å². The molecule has 0 radical (unpaired) electrons. The molecule has 9 heterocycles. The number of hydrogen-bond donors (Lipinski definition) is 2. The van der Waals surface area contributed by atoms with E-state index in [1.807, 2.05) is 95.8 Å². The number of aromatic nitrogens is 3. The van der Waals surface area contributed by atoms with Crippen molar-refractivity contribution in [3.8, 4) is 0 Å². The van der Waals surface area contributed by atoms with E-state index in [1.54, 1.807) is 6.20 Å². The smallest absolute Gasteiger partial charge is 0.410 e. The molecular weight excluding hydrogens is 786 g/mol. The molecule has 6 bridgehead atoms. The lowest BCUT2D eigenvalue weighted by Crippen LogP contribution is -2.50. The highest BCUT2D eigenvalue weighted by Gasteiger charge is 2.47. The van der Waals surface area contributed by atoms with Gasteiger partial charge in [-0.25, -0.2) is 9.59 Å². The molecule has 0 saturated carbocycles. The zero-order valence-electron chi connectivity index (χ0n) is 35.2.